The smallest absolute Gasteiger partial charge is 0.155 e. The molecule has 0 aliphatic heterocycles. The maximum atomic E-state index is 11.9. The summed E-state index contributed by atoms with van der Waals surface area (Å²) in [5, 5.41) is 0. The largest absolute Gasteiger partial charge is 0.295 e. The van der Waals surface area contributed by atoms with Gasteiger partial charge in [-0.3, -0.25) is 4.79 Å². The van der Waals surface area contributed by atoms with Crippen molar-refractivity contribution in [2.24, 2.45) is 28.1 Å². The number of hydrogen-bond donors (Lipinski definition) is 0. The first-order valence-corrected chi connectivity index (χ1v) is 9.23. The zero-order chi connectivity index (χ0) is 15.8. The second-order valence-electron chi connectivity index (χ2n) is 9.26. The summed E-state index contributed by atoms with van der Waals surface area (Å²) >= 11 is 0. The Labute approximate surface area is 135 Å². The van der Waals surface area contributed by atoms with Gasteiger partial charge in [-0.2, -0.15) is 0 Å². The van der Waals surface area contributed by atoms with E-state index in [0.29, 0.717) is 16.6 Å². The number of carbonyl (C=O) groups excluding carboxylic acids is 1. The minimum absolute atomic E-state index is 0.284. The molecule has 22 heavy (non-hydrogen) atoms. The third kappa shape index (κ3) is 1.63. The normalized spacial score (nSPS) is 51.0. The first kappa shape index (κ1) is 14.7. The monoisotopic (exact) mass is 298 g/mol. The van der Waals surface area contributed by atoms with Crippen LogP contribution in [0.3, 0.4) is 0 Å². The van der Waals surface area contributed by atoms with Gasteiger partial charge in [0.05, 0.1) is 0 Å². The van der Waals surface area contributed by atoms with Crippen LogP contribution in [0.5, 0.6) is 0 Å². The van der Waals surface area contributed by atoms with E-state index in [1.54, 1.807) is 0 Å². The van der Waals surface area contributed by atoms with Crippen LogP contribution >= 0.6 is 0 Å². The predicted octanol–water partition coefficient (Wildman–Crippen LogP) is 5.46. The zero-order valence-corrected chi connectivity index (χ0v) is 14.5. The topological polar surface area (TPSA) is 17.1 Å². The predicted molar refractivity (Wildman–Crippen MR) is 90.5 cm³/mol. The summed E-state index contributed by atoms with van der Waals surface area (Å²) in [7, 11) is 0. The Balaban J connectivity index is 1.77. The lowest BCUT2D eigenvalue weighted by Gasteiger charge is -2.63. The first-order chi connectivity index (χ1) is 10.3. The van der Waals surface area contributed by atoms with Crippen molar-refractivity contribution in [1.29, 1.82) is 0 Å². The van der Waals surface area contributed by atoms with Crippen LogP contribution in [-0.2, 0) is 4.79 Å². The van der Waals surface area contributed by atoms with Gasteiger partial charge >= 0.3 is 0 Å². The van der Waals surface area contributed by atoms with Crippen LogP contribution in [0.25, 0.3) is 0 Å². The molecule has 4 aliphatic carbocycles. The number of ketones is 1. The summed E-state index contributed by atoms with van der Waals surface area (Å²) in [5.74, 6) is 1.94. The van der Waals surface area contributed by atoms with E-state index >= 15 is 0 Å². The first-order valence-electron chi connectivity index (χ1n) is 9.23. The Bertz CT molecular complexity index is 585. The molecule has 0 unspecified atom stereocenters. The van der Waals surface area contributed by atoms with Crippen molar-refractivity contribution in [2.75, 3.05) is 0 Å². The number of carbonyl (C=O) groups is 1. The van der Waals surface area contributed by atoms with Crippen LogP contribution in [0.15, 0.2) is 23.8 Å². The highest BCUT2D eigenvalue weighted by molar-refractivity contribution is 5.91. The van der Waals surface area contributed by atoms with Gasteiger partial charge in [-0.05, 0) is 79.1 Å². The summed E-state index contributed by atoms with van der Waals surface area (Å²) in [6.45, 7) is 12.0. The molecule has 0 amide bonds. The van der Waals surface area contributed by atoms with Crippen molar-refractivity contribution in [3.8, 4) is 0 Å². The summed E-state index contributed by atoms with van der Waals surface area (Å²) in [4.78, 5) is 11.9. The Morgan fingerprint density at radius 2 is 1.68 bits per heavy atom. The quantitative estimate of drug-likeness (QED) is 0.542. The van der Waals surface area contributed by atoms with Crippen molar-refractivity contribution in [2.45, 2.75) is 72.1 Å². The average molecular weight is 298 g/mol. The molecule has 1 nitrogen and oxygen atoms in total. The minimum Gasteiger partial charge on any atom is -0.295 e. The molecular formula is C21H30O. The van der Waals surface area contributed by atoms with Gasteiger partial charge in [0, 0.05) is 6.42 Å². The third-order valence-corrected chi connectivity index (χ3v) is 8.52. The molecule has 3 saturated carbocycles. The van der Waals surface area contributed by atoms with E-state index in [4.69, 9.17) is 0 Å². The molecule has 0 heterocycles. The average Bonchev–Trinajstić information content (AvgIpc) is 2.77. The fourth-order valence-electron chi connectivity index (χ4n) is 7.12. The second-order valence-corrected chi connectivity index (χ2v) is 9.26. The fraction of sp³-hybridized carbons (Fsp3) is 0.762. The molecule has 0 aromatic rings. The molecule has 3 fully saturated rings. The standard InChI is InChI=1S/C21H30O/c1-14-5-6-17-19(14,2)12-9-18-20(3)11-8-16(22)13-15(20)7-10-21(17,18)4/h13,17-18H,1,5-12H2,2-4H3/t17-,18-,19-,20+,21+/m1/s1. The molecule has 5 atom stereocenters. The van der Waals surface area contributed by atoms with E-state index in [0.717, 1.165) is 31.1 Å². The van der Waals surface area contributed by atoms with E-state index in [1.807, 2.05) is 6.08 Å². The third-order valence-electron chi connectivity index (χ3n) is 8.52. The van der Waals surface area contributed by atoms with Crippen molar-refractivity contribution in [3.63, 3.8) is 0 Å². The highest BCUT2D eigenvalue weighted by atomic mass is 16.1. The maximum Gasteiger partial charge on any atom is 0.155 e. The molecule has 4 aliphatic rings. The van der Waals surface area contributed by atoms with Crippen LogP contribution in [0.2, 0.25) is 0 Å². The number of rotatable bonds is 0. The van der Waals surface area contributed by atoms with Gasteiger partial charge in [-0.15, -0.1) is 0 Å². The number of allylic oxidation sites excluding steroid dienone is 2. The highest BCUT2D eigenvalue weighted by Crippen LogP contribution is 2.71. The molecule has 0 aromatic heterocycles. The molecular weight excluding hydrogens is 268 g/mol. The molecule has 0 radical (unpaired) electrons. The molecule has 1 heteroatoms. The molecule has 0 N–H and O–H groups in total. The van der Waals surface area contributed by atoms with E-state index in [-0.39, 0.29) is 5.41 Å². The summed E-state index contributed by atoms with van der Waals surface area (Å²) in [6.07, 6.45) is 11.5. The number of hydrogen-bond acceptors (Lipinski definition) is 1. The maximum absolute atomic E-state index is 11.9. The highest BCUT2D eigenvalue weighted by Gasteiger charge is 2.62. The van der Waals surface area contributed by atoms with E-state index < -0.39 is 0 Å². The lowest BCUT2D eigenvalue weighted by Crippen LogP contribution is -2.55. The Morgan fingerprint density at radius 3 is 2.45 bits per heavy atom. The van der Waals surface area contributed by atoms with Crippen molar-refractivity contribution in [3.05, 3.63) is 23.8 Å². The molecule has 4 rings (SSSR count). The van der Waals surface area contributed by atoms with Gasteiger partial charge in [-0.1, -0.05) is 38.5 Å². The molecule has 120 valence electrons. The van der Waals surface area contributed by atoms with E-state index in [9.17, 15) is 4.79 Å². The van der Waals surface area contributed by atoms with Crippen LogP contribution in [0.4, 0.5) is 0 Å². The Hall–Kier alpha value is -0.850. The van der Waals surface area contributed by atoms with E-state index in [1.165, 1.54) is 43.3 Å². The summed E-state index contributed by atoms with van der Waals surface area (Å²) in [6, 6.07) is 0. The molecule has 0 bridgehead atoms. The second kappa shape index (κ2) is 4.36. The van der Waals surface area contributed by atoms with Gasteiger partial charge < -0.3 is 0 Å². The zero-order valence-electron chi connectivity index (χ0n) is 14.5. The van der Waals surface area contributed by atoms with E-state index in [2.05, 4.69) is 27.4 Å². The summed E-state index contributed by atoms with van der Waals surface area (Å²) in [5.41, 5.74) is 4.10. The van der Waals surface area contributed by atoms with Crippen LogP contribution in [0, 0.1) is 28.1 Å². The van der Waals surface area contributed by atoms with Crippen LogP contribution in [-0.4, -0.2) is 5.78 Å². The summed E-state index contributed by atoms with van der Waals surface area (Å²) < 4.78 is 0. The Morgan fingerprint density at radius 1 is 0.955 bits per heavy atom. The lowest BCUT2D eigenvalue weighted by atomic mass is 9.41. The Kier molecular flexibility index (Phi) is 2.92. The van der Waals surface area contributed by atoms with Crippen LogP contribution < -0.4 is 0 Å². The minimum atomic E-state index is 0.284. The molecule has 0 aromatic carbocycles. The van der Waals surface area contributed by atoms with Crippen LogP contribution in [0.1, 0.15) is 72.1 Å². The van der Waals surface area contributed by atoms with Gasteiger partial charge in [0.2, 0.25) is 0 Å². The molecule has 0 saturated heterocycles. The van der Waals surface area contributed by atoms with Gasteiger partial charge in [-0.25, -0.2) is 0 Å². The van der Waals surface area contributed by atoms with Crippen molar-refractivity contribution >= 4 is 5.78 Å². The van der Waals surface area contributed by atoms with Crippen molar-refractivity contribution in [1.82, 2.24) is 0 Å². The van der Waals surface area contributed by atoms with Gasteiger partial charge in [0.25, 0.3) is 0 Å². The van der Waals surface area contributed by atoms with Crippen molar-refractivity contribution < 1.29 is 4.79 Å². The lowest BCUT2D eigenvalue weighted by molar-refractivity contribution is -0.121. The SMILES string of the molecule is C=C1CC[C@H]2[C@]3(C)CCC4=CC(=O)CC[C@]4(C)[C@H]3CC[C@]12C. The van der Waals surface area contributed by atoms with Gasteiger partial charge in [0.1, 0.15) is 0 Å². The number of fused-ring (bicyclic) bond motifs is 5. The van der Waals surface area contributed by atoms with Gasteiger partial charge in [0.15, 0.2) is 5.78 Å². The molecule has 0 spiro atoms. The fourth-order valence-corrected chi connectivity index (χ4v) is 7.12.